The van der Waals surface area contributed by atoms with Crippen molar-refractivity contribution in [1.82, 2.24) is 0 Å². The fourth-order valence-electron chi connectivity index (χ4n) is 2.06. The number of fused-ring (bicyclic) bond motifs is 1. The summed E-state index contributed by atoms with van der Waals surface area (Å²) >= 11 is 13.0. The first-order chi connectivity index (χ1) is 11.5. The Labute approximate surface area is 151 Å². The molecule has 4 nitrogen and oxygen atoms in total. The van der Waals surface area contributed by atoms with Crippen molar-refractivity contribution in [2.75, 3.05) is 11.9 Å². The standard InChI is InChI=1S/C17H11Cl2NO3S/c18-12-6-5-11(8-13(12)19)20-16(21)9-23-17(22)15-7-10-3-1-2-4-14(10)24-15/h1-8H,9H2,(H,20,21). The first-order valence-electron chi connectivity index (χ1n) is 6.93. The van der Waals surface area contributed by atoms with Crippen LogP contribution in [-0.2, 0) is 9.53 Å². The number of anilines is 1. The molecule has 7 heteroatoms. The van der Waals surface area contributed by atoms with Crippen molar-refractivity contribution in [3.05, 3.63) is 63.5 Å². The molecule has 3 rings (SSSR count). The molecule has 0 fully saturated rings. The molecule has 2 aromatic carbocycles. The fraction of sp³-hybridized carbons (Fsp3) is 0.0588. The maximum absolute atomic E-state index is 12.0. The second-order valence-corrected chi connectivity index (χ2v) is 6.80. The van der Waals surface area contributed by atoms with E-state index in [0.29, 0.717) is 20.6 Å². The largest absolute Gasteiger partial charge is 0.451 e. The number of nitrogens with one attached hydrogen (secondary N) is 1. The van der Waals surface area contributed by atoms with Gasteiger partial charge >= 0.3 is 5.97 Å². The lowest BCUT2D eigenvalue weighted by molar-refractivity contribution is -0.119. The van der Waals surface area contributed by atoms with Crippen molar-refractivity contribution in [3.8, 4) is 0 Å². The highest BCUT2D eigenvalue weighted by atomic mass is 35.5. The zero-order valence-electron chi connectivity index (χ0n) is 12.2. The number of carbonyl (C=O) groups excluding carboxylic acids is 2. The van der Waals surface area contributed by atoms with E-state index in [1.54, 1.807) is 18.2 Å². The molecule has 1 amide bonds. The summed E-state index contributed by atoms with van der Waals surface area (Å²) in [5, 5.41) is 4.28. The number of thiophene rings is 1. The van der Waals surface area contributed by atoms with Gasteiger partial charge in [0.15, 0.2) is 6.61 Å². The Morgan fingerprint density at radius 1 is 1.04 bits per heavy atom. The lowest BCUT2D eigenvalue weighted by Gasteiger charge is -2.06. The van der Waals surface area contributed by atoms with Crippen molar-refractivity contribution in [3.63, 3.8) is 0 Å². The van der Waals surface area contributed by atoms with E-state index in [0.717, 1.165) is 10.1 Å². The molecule has 1 heterocycles. The normalized spacial score (nSPS) is 10.6. The highest BCUT2D eigenvalue weighted by Gasteiger charge is 2.13. The van der Waals surface area contributed by atoms with Gasteiger partial charge in [-0.3, -0.25) is 4.79 Å². The molecule has 0 aliphatic heterocycles. The van der Waals surface area contributed by atoms with Gasteiger partial charge in [0.25, 0.3) is 5.91 Å². The quantitative estimate of drug-likeness (QED) is 0.648. The number of ether oxygens (including phenoxy) is 1. The van der Waals surface area contributed by atoms with Crippen LogP contribution in [-0.4, -0.2) is 18.5 Å². The zero-order valence-corrected chi connectivity index (χ0v) is 14.5. The van der Waals surface area contributed by atoms with E-state index in [9.17, 15) is 9.59 Å². The van der Waals surface area contributed by atoms with Gasteiger partial charge in [-0.15, -0.1) is 11.3 Å². The van der Waals surface area contributed by atoms with Crippen LogP contribution in [0.3, 0.4) is 0 Å². The Hall–Kier alpha value is -2.08. The fourth-order valence-corrected chi connectivity index (χ4v) is 3.31. The highest BCUT2D eigenvalue weighted by molar-refractivity contribution is 7.20. The lowest BCUT2D eigenvalue weighted by Crippen LogP contribution is -2.20. The third-order valence-electron chi connectivity index (χ3n) is 3.16. The summed E-state index contributed by atoms with van der Waals surface area (Å²) in [5.74, 6) is -0.983. The lowest BCUT2D eigenvalue weighted by atomic mass is 10.2. The Morgan fingerprint density at radius 3 is 2.58 bits per heavy atom. The molecule has 1 N–H and O–H groups in total. The molecule has 0 atom stereocenters. The molecule has 0 saturated carbocycles. The van der Waals surface area contributed by atoms with Gasteiger partial charge in [0, 0.05) is 10.4 Å². The molecular formula is C17H11Cl2NO3S. The third kappa shape index (κ3) is 3.87. The third-order valence-corrected chi connectivity index (χ3v) is 5.00. The van der Waals surface area contributed by atoms with E-state index < -0.39 is 11.9 Å². The van der Waals surface area contributed by atoms with Crippen LogP contribution in [0.1, 0.15) is 9.67 Å². The van der Waals surface area contributed by atoms with E-state index in [2.05, 4.69) is 5.32 Å². The minimum absolute atomic E-state index is 0.330. The smallest absolute Gasteiger partial charge is 0.348 e. The summed E-state index contributed by atoms with van der Waals surface area (Å²) in [7, 11) is 0. The summed E-state index contributed by atoms with van der Waals surface area (Å²) in [6, 6.07) is 14.1. The van der Waals surface area contributed by atoms with Gasteiger partial charge in [-0.2, -0.15) is 0 Å². The second kappa shape index (κ2) is 7.21. The number of benzene rings is 2. The minimum atomic E-state index is -0.527. The number of rotatable bonds is 4. The topological polar surface area (TPSA) is 55.4 Å². The van der Waals surface area contributed by atoms with E-state index in [1.165, 1.54) is 17.4 Å². The molecule has 1 aromatic heterocycles. The monoisotopic (exact) mass is 379 g/mol. The Bertz CT molecular complexity index is 890. The van der Waals surface area contributed by atoms with Crippen molar-refractivity contribution < 1.29 is 14.3 Å². The van der Waals surface area contributed by atoms with Gasteiger partial charge in [0.05, 0.1) is 10.0 Å². The minimum Gasteiger partial charge on any atom is -0.451 e. The molecule has 0 aliphatic rings. The number of amides is 1. The van der Waals surface area contributed by atoms with Crippen molar-refractivity contribution in [2.45, 2.75) is 0 Å². The predicted octanol–water partition coefficient (Wildman–Crippen LogP) is 5.00. The maximum Gasteiger partial charge on any atom is 0.348 e. The molecule has 0 unspecified atom stereocenters. The van der Waals surface area contributed by atoms with Crippen molar-refractivity contribution in [2.24, 2.45) is 0 Å². The number of carbonyl (C=O) groups is 2. The Balaban J connectivity index is 1.59. The predicted molar refractivity (Wildman–Crippen MR) is 97.2 cm³/mol. The van der Waals surface area contributed by atoms with Gasteiger partial charge in [-0.1, -0.05) is 41.4 Å². The van der Waals surface area contributed by atoms with Crippen LogP contribution in [0.5, 0.6) is 0 Å². The molecule has 3 aromatic rings. The molecule has 0 radical (unpaired) electrons. The molecule has 0 saturated heterocycles. The molecule has 0 bridgehead atoms. The van der Waals surface area contributed by atoms with E-state index in [-0.39, 0.29) is 6.61 Å². The number of hydrogen-bond donors (Lipinski definition) is 1. The summed E-state index contributed by atoms with van der Waals surface area (Å²) in [5.41, 5.74) is 0.479. The Morgan fingerprint density at radius 2 is 1.83 bits per heavy atom. The van der Waals surface area contributed by atoms with Crippen LogP contribution in [0.4, 0.5) is 5.69 Å². The number of hydrogen-bond acceptors (Lipinski definition) is 4. The van der Waals surface area contributed by atoms with Gasteiger partial charge < -0.3 is 10.1 Å². The van der Waals surface area contributed by atoms with Gasteiger partial charge in [-0.05, 0) is 35.7 Å². The van der Waals surface area contributed by atoms with E-state index in [4.69, 9.17) is 27.9 Å². The molecular weight excluding hydrogens is 369 g/mol. The van der Waals surface area contributed by atoms with Crippen LogP contribution in [0, 0.1) is 0 Å². The SMILES string of the molecule is O=C(COC(=O)c1cc2ccccc2s1)Nc1ccc(Cl)c(Cl)c1. The van der Waals surface area contributed by atoms with Gasteiger partial charge in [-0.25, -0.2) is 4.79 Å². The summed E-state index contributed by atoms with van der Waals surface area (Å²) < 4.78 is 6.04. The number of esters is 1. The van der Waals surface area contributed by atoms with Gasteiger partial charge in [0.2, 0.25) is 0 Å². The van der Waals surface area contributed by atoms with Gasteiger partial charge in [0.1, 0.15) is 4.88 Å². The molecule has 24 heavy (non-hydrogen) atoms. The summed E-state index contributed by atoms with van der Waals surface area (Å²) in [4.78, 5) is 24.4. The average molecular weight is 380 g/mol. The molecule has 0 spiro atoms. The second-order valence-electron chi connectivity index (χ2n) is 4.90. The van der Waals surface area contributed by atoms with Crippen LogP contribution >= 0.6 is 34.5 Å². The van der Waals surface area contributed by atoms with Crippen LogP contribution in [0.15, 0.2) is 48.5 Å². The number of halogens is 2. The molecule has 122 valence electrons. The van der Waals surface area contributed by atoms with E-state index >= 15 is 0 Å². The van der Waals surface area contributed by atoms with E-state index in [1.807, 2.05) is 24.3 Å². The molecule has 0 aliphatic carbocycles. The Kier molecular flexibility index (Phi) is 5.04. The first kappa shape index (κ1) is 16.8. The van der Waals surface area contributed by atoms with Crippen LogP contribution in [0.25, 0.3) is 10.1 Å². The van der Waals surface area contributed by atoms with Crippen LogP contribution < -0.4 is 5.32 Å². The summed E-state index contributed by atoms with van der Waals surface area (Å²) in [6.45, 7) is -0.382. The van der Waals surface area contributed by atoms with Crippen molar-refractivity contribution in [1.29, 1.82) is 0 Å². The first-order valence-corrected chi connectivity index (χ1v) is 8.51. The maximum atomic E-state index is 12.0. The van der Waals surface area contributed by atoms with Crippen molar-refractivity contribution >= 4 is 62.2 Å². The van der Waals surface area contributed by atoms with Crippen LogP contribution in [0.2, 0.25) is 10.0 Å². The zero-order chi connectivity index (χ0) is 17.1. The summed E-state index contributed by atoms with van der Waals surface area (Å²) in [6.07, 6.45) is 0. The highest BCUT2D eigenvalue weighted by Crippen LogP contribution is 2.26. The average Bonchev–Trinajstić information content (AvgIpc) is 3.00.